The quantitative estimate of drug-likeness (QED) is 0.802. The molecule has 6 nitrogen and oxygen atoms in total. The lowest BCUT2D eigenvalue weighted by Crippen LogP contribution is -2.26. The summed E-state index contributed by atoms with van der Waals surface area (Å²) in [4.78, 5) is 22.6. The zero-order valence-electron chi connectivity index (χ0n) is 9.12. The molecule has 0 unspecified atom stereocenters. The van der Waals surface area contributed by atoms with E-state index in [0.29, 0.717) is 5.76 Å². The van der Waals surface area contributed by atoms with Gasteiger partial charge in [0.15, 0.2) is 5.76 Å². The number of amides is 1. The molecular weight excluding hydrogens is 238 g/mol. The Labute approximate surface area is 102 Å². The van der Waals surface area contributed by atoms with E-state index in [1.54, 1.807) is 12.1 Å². The van der Waals surface area contributed by atoms with Crippen molar-refractivity contribution in [1.29, 1.82) is 0 Å². The number of rotatable bonds is 4. The summed E-state index contributed by atoms with van der Waals surface area (Å²) in [5, 5.41) is 11.2. The first-order valence-corrected chi connectivity index (χ1v) is 5.00. The molecule has 6 heteroatoms. The fourth-order valence-corrected chi connectivity index (χ4v) is 1.26. The molecule has 1 amide bonds. The Balaban J connectivity index is 2.17. The van der Waals surface area contributed by atoms with Crippen molar-refractivity contribution in [1.82, 2.24) is 5.32 Å². The SMILES string of the molecule is O=C(O)C(=Cc1ccco1)NC(=O)c1ccco1. The summed E-state index contributed by atoms with van der Waals surface area (Å²) in [6, 6.07) is 6.15. The molecule has 2 heterocycles. The van der Waals surface area contributed by atoms with Gasteiger partial charge in [0.05, 0.1) is 12.5 Å². The van der Waals surface area contributed by atoms with Crippen molar-refractivity contribution in [2.75, 3.05) is 0 Å². The highest BCUT2D eigenvalue weighted by molar-refractivity contribution is 6.01. The molecule has 0 aliphatic heterocycles. The molecule has 2 N–H and O–H groups in total. The standard InChI is InChI=1S/C12H9NO5/c14-11(10-4-2-6-18-10)13-9(12(15)16)7-8-3-1-5-17-8/h1-7H,(H,13,14)(H,15,16). The van der Waals surface area contributed by atoms with Gasteiger partial charge >= 0.3 is 5.97 Å². The second-order valence-corrected chi connectivity index (χ2v) is 3.31. The highest BCUT2D eigenvalue weighted by atomic mass is 16.4. The van der Waals surface area contributed by atoms with Crippen molar-refractivity contribution >= 4 is 18.0 Å². The van der Waals surface area contributed by atoms with Gasteiger partial charge in [-0.1, -0.05) is 0 Å². The number of carbonyl (C=O) groups excluding carboxylic acids is 1. The van der Waals surface area contributed by atoms with E-state index in [1.165, 1.54) is 30.7 Å². The normalized spacial score (nSPS) is 11.2. The molecule has 0 aliphatic rings. The summed E-state index contributed by atoms with van der Waals surface area (Å²) in [6.07, 6.45) is 3.94. The van der Waals surface area contributed by atoms with Crippen molar-refractivity contribution in [3.63, 3.8) is 0 Å². The molecule has 2 aromatic heterocycles. The predicted octanol–water partition coefficient (Wildman–Crippen LogP) is 1.73. The minimum Gasteiger partial charge on any atom is -0.477 e. The van der Waals surface area contributed by atoms with Crippen LogP contribution in [0.1, 0.15) is 16.3 Å². The second-order valence-electron chi connectivity index (χ2n) is 3.31. The molecule has 0 aliphatic carbocycles. The van der Waals surface area contributed by atoms with Crippen LogP contribution in [0.2, 0.25) is 0 Å². The number of carboxylic acids is 1. The van der Waals surface area contributed by atoms with Gasteiger partial charge in [-0.25, -0.2) is 4.79 Å². The first-order valence-electron chi connectivity index (χ1n) is 5.00. The van der Waals surface area contributed by atoms with Gasteiger partial charge in [-0.15, -0.1) is 0 Å². The molecule has 0 saturated heterocycles. The third-order valence-electron chi connectivity index (χ3n) is 2.05. The maximum atomic E-state index is 11.6. The molecular formula is C12H9NO5. The van der Waals surface area contributed by atoms with E-state index in [2.05, 4.69) is 5.32 Å². The van der Waals surface area contributed by atoms with Crippen LogP contribution in [0.5, 0.6) is 0 Å². The Hall–Kier alpha value is -2.76. The zero-order valence-corrected chi connectivity index (χ0v) is 9.12. The highest BCUT2D eigenvalue weighted by Gasteiger charge is 2.15. The topological polar surface area (TPSA) is 92.7 Å². The van der Waals surface area contributed by atoms with Gasteiger partial charge in [-0.05, 0) is 24.3 Å². The monoisotopic (exact) mass is 247 g/mol. The van der Waals surface area contributed by atoms with Crippen molar-refractivity contribution in [2.45, 2.75) is 0 Å². The van der Waals surface area contributed by atoms with E-state index in [-0.39, 0.29) is 11.5 Å². The molecule has 0 saturated carbocycles. The minimum absolute atomic E-state index is 0.0293. The van der Waals surface area contributed by atoms with Gasteiger partial charge in [0.25, 0.3) is 5.91 Å². The third kappa shape index (κ3) is 2.67. The van der Waals surface area contributed by atoms with Gasteiger partial charge < -0.3 is 19.3 Å². The van der Waals surface area contributed by atoms with Crippen LogP contribution in [0.4, 0.5) is 0 Å². The van der Waals surface area contributed by atoms with Crippen molar-refractivity contribution in [2.24, 2.45) is 0 Å². The number of carbonyl (C=O) groups is 2. The highest BCUT2D eigenvalue weighted by Crippen LogP contribution is 2.07. The number of aliphatic carboxylic acids is 1. The minimum atomic E-state index is -1.27. The molecule has 2 rings (SSSR count). The van der Waals surface area contributed by atoms with E-state index in [0.717, 1.165) is 0 Å². The summed E-state index contributed by atoms with van der Waals surface area (Å²) < 4.78 is 9.83. The van der Waals surface area contributed by atoms with Crippen LogP contribution in [0, 0.1) is 0 Å². The number of furan rings is 2. The molecule has 0 atom stereocenters. The first-order chi connectivity index (χ1) is 8.66. The second kappa shape index (κ2) is 5.05. The van der Waals surface area contributed by atoms with E-state index >= 15 is 0 Å². The van der Waals surface area contributed by atoms with Crippen LogP contribution in [-0.4, -0.2) is 17.0 Å². The van der Waals surface area contributed by atoms with Gasteiger partial charge in [0, 0.05) is 6.08 Å². The van der Waals surface area contributed by atoms with Crippen molar-refractivity contribution < 1.29 is 23.5 Å². The van der Waals surface area contributed by atoms with Gasteiger partial charge in [-0.3, -0.25) is 4.79 Å². The van der Waals surface area contributed by atoms with Gasteiger partial charge in [-0.2, -0.15) is 0 Å². The van der Waals surface area contributed by atoms with Crippen LogP contribution >= 0.6 is 0 Å². The Morgan fingerprint density at radius 1 is 1.17 bits per heavy atom. The third-order valence-corrected chi connectivity index (χ3v) is 2.05. The Morgan fingerprint density at radius 2 is 1.89 bits per heavy atom. The van der Waals surface area contributed by atoms with Crippen LogP contribution in [-0.2, 0) is 4.79 Å². The van der Waals surface area contributed by atoms with E-state index in [4.69, 9.17) is 13.9 Å². The Morgan fingerprint density at radius 3 is 2.44 bits per heavy atom. The first kappa shape index (κ1) is 11.7. The molecule has 0 radical (unpaired) electrons. The number of carboxylic acid groups (broad SMARTS) is 1. The lowest BCUT2D eigenvalue weighted by Gasteiger charge is -2.02. The Kier molecular flexibility index (Phi) is 3.29. The van der Waals surface area contributed by atoms with Crippen molar-refractivity contribution in [3.05, 3.63) is 54.0 Å². The largest absolute Gasteiger partial charge is 0.477 e. The van der Waals surface area contributed by atoms with Crippen LogP contribution < -0.4 is 5.32 Å². The number of nitrogens with one attached hydrogen (secondary N) is 1. The summed E-state index contributed by atoms with van der Waals surface area (Å²) >= 11 is 0. The summed E-state index contributed by atoms with van der Waals surface area (Å²) in [5.41, 5.74) is -0.300. The lowest BCUT2D eigenvalue weighted by atomic mass is 10.3. The molecule has 0 bridgehead atoms. The number of hydrogen-bond acceptors (Lipinski definition) is 4. The molecule has 18 heavy (non-hydrogen) atoms. The molecule has 0 spiro atoms. The van der Waals surface area contributed by atoms with Gasteiger partial charge in [0.2, 0.25) is 0 Å². The van der Waals surface area contributed by atoms with Crippen LogP contribution in [0.3, 0.4) is 0 Å². The maximum absolute atomic E-state index is 11.6. The maximum Gasteiger partial charge on any atom is 0.352 e. The number of hydrogen-bond donors (Lipinski definition) is 2. The van der Waals surface area contributed by atoms with E-state index in [1.807, 2.05) is 0 Å². The summed E-state index contributed by atoms with van der Waals surface area (Å²) in [5.74, 6) is -1.56. The fourth-order valence-electron chi connectivity index (χ4n) is 1.26. The molecule has 2 aromatic rings. The molecule has 92 valence electrons. The summed E-state index contributed by atoms with van der Waals surface area (Å²) in [6.45, 7) is 0. The van der Waals surface area contributed by atoms with Crippen LogP contribution in [0.25, 0.3) is 6.08 Å². The average Bonchev–Trinajstić information content (AvgIpc) is 3.00. The van der Waals surface area contributed by atoms with Crippen LogP contribution in [0.15, 0.2) is 51.3 Å². The Bertz CT molecular complexity index is 566. The molecule has 0 fully saturated rings. The molecule has 0 aromatic carbocycles. The van der Waals surface area contributed by atoms with Gasteiger partial charge in [0.1, 0.15) is 11.5 Å². The fraction of sp³-hybridized carbons (Fsp3) is 0. The lowest BCUT2D eigenvalue weighted by molar-refractivity contribution is -0.132. The summed E-state index contributed by atoms with van der Waals surface area (Å²) in [7, 11) is 0. The zero-order chi connectivity index (χ0) is 13.0. The van der Waals surface area contributed by atoms with Crippen molar-refractivity contribution in [3.8, 4) is 0 Å². The average molecular weight is 247 g/mol. The van der Waals surface area contributed by atoms with E-state index < -0.39 is 11.9 Å². The van der Waals surface area contributed by atoms with E-state index in [9.17, 15) is 9.59 Å². The smallest absolute Gasteiger partial charge is 0.352 e. The predicted molar refractivity (Wildman–Crippen MR) is 60.5 cm³/mol.